The number of benzene rings is 2. The van der Waals surface area contributed by atoms with E-state index in [1.54, 1.807) is 19.2 Å². The molecular formula is C20H20O3. The molecule has 118 valence electrons. The molecule has 2 unspecified atom stereocenters. The lowest BCUT2D eigenvalue weighted by Crippen LogP contribution is -2.35. The van der Waals surface area contributed by atoms with Crippen LogP contribution in [-0.4, -0.2) is 18.0 Å². The van der Waals surface area contributed by atoms with Crippen molar-refractivity contribution in [2.45, 2.75) is 31.6 Å². The third-order valence-corrected chi connectivity index (χ3v) is 5.73. The first-order valence-electron chi connectivity index (χ1n) is 7.98. The van der Waals surface area contributed by atoms with Gasteiger partial charge in [-0.1, -0.05) is 38.1 Å². The largest absolute Gasteiger partial charge is 0.508 e. The van der Waals surface area contributed by atoms with Crippen molar-refractivity contribution >= 4 is 5.78 Å². The molecule has 0 aromatic heterocycles. The fraction of sp³-hybridized carbons (Fsp3) is 0.350. The van der Waals surface area contributed by atoms with Crippen LogP contribution < -0.4 is 4.74 Å². The Hall–Kier alpha value is -2.29. The molecule has 4 rings (SSSR count). The Morgan fingerprint density at radius 1 is 1.22 bits per heavy atom. The molecule has 2 aliphatic carbocycles. The number of fused-ring (bicyclic) bond motifs is 4. The monoisotopic (exact) mass is 308 g/mol. The molecule has 2 aromatic rings. The van der Waals surface area contributed by atoms with E-state index in [1.165, 1.54) is 5.56 Å². The molecule has 3 heteroatoms. The number of methoxy groups -OCH3 is 1. The Morgan fingerprint density at radius 3 is 2.70 bits per heavy atom. The number of phenolic OH excluding ortho intramolecular Hbond substituents is 1. The molecule has 0 saturated heterocycles. The second kappa shape index (κ2) is 4.60. The number of ether oxygens (including phenoxy) is 1. The Labute approximate surface area is 135 Å². The van der Waals surface area contributed by atoms with Crippen LogP contribution >= 0.6 is 0 Å². The van der Waals surface area contributed by atoms with Crippen LogP contribution in [0.25, 0.3) is 0 Å². The molecule has 2 aliphatic rings. The Morgan fingerprint density at radius 2 is 1.96 bits per heavy atom. The van der Waals surface area contributed by atoms with Gasteiger partial charge in [0, 0.05) is 17.2 Å². The predicted octanol–water partition coefficient (Wildman–Crippen LogP) is 3.83. The summed E-state index contributed by atoms with van der Waals surface area (Å²) in [5.74, 6) is 0.847. The number of carbonyl (C=O) groups excluding carboxylic acids is 1. The molecule has 0 fully saturated rings. The number of Topliss-reactive ketones (excluding diaryl/α,β-unsaturated/α-hetero) is 1. The summed E-state index contributed by atoms with van der Waals surface area (Å²) in [7, 11) is 1.55. The van der Waals surface area contributed by atoms with Crippen LogP contribution in [0.3, 0.4) is 0 Å². The topological polar surface area (TPSA) is 46.5 Å². The zero-order valence-electron chi connectivity index (χ0n) is 13.6. The number of carbonyl (C=O) groups is 1. The minimum Gasteiger partial charge on any atom is -0.508 e. The summed E-state index contributed by atoms with van der Waals surface area (Å²) in [5.41, 5.74) is 3.68. The molecule has 0 aliphatic heterocycles. The van der Waals surface area contributed by atoms with Crippen LogP contribution in [-0.2, 0) is 11.8 Å². The number of ketones is 1. The van der Waals surface area contributed by atoms with Crippen molar-refractivity contribution in [2.24, 2.45) is 5.92 Å². The lowest BCUT2D eigenvalue weighted by Gasteiger charge is -2.35. The maximum atomic E-state index is 13.2. The predicted molar refractivity (Wildman–Crippen MR) is 88.4 cm³/mol. The smallest absolute Gasteiger partial charge is 0.171 e. The van der Waals surface area contributed by atoms with Crippen molar-refractivity contribution in [3.8, 4) is 11.5 Å². The van der Waals surface area contributed by atoms with Crippen molar-refractivity contribution in [1.82, 2.24) is 0 Å². The summed E-state index contributed by atoms with van der Waals surface area (Å²) in [4.78, 5) is 13.2. The second-order valence-corrected chi connectivity index (χ2v) is 7.13. The molecule has 0 heterocycles. The highest BCUT2D eigenvalue weighted by atomic mass is 16.5. The number of phenols is 1. The van der Waals surface area contributed by atoms with Crippen LogP contribution in [0.2, 0.25) is 0 Å². The minimum atomic E-state index is -0.125. The first-order valence-corrected chi connectivity index (χ1v) is 7.98. The van der Waals surface area contributed by atoms with Crippen molar-refractivity contribution in [3.05, 3.63) is 58.7 Å². The molecule has 3 nitrogen and oxygen atoms in total. The van der Waals surface area contributed by atoms with Gasteiger partial charge in [-0.15, -0.1) is 0 Å². The van der Waals surface area contributed by atoms with Crippen LogP contribution in [0.4, 0.5) is 0 Å². The van der Waals surface area contributed by atoms with E-state index in [0.717, 1.165) is 11.1 Å². The molecule has 0 spiro atoms. The summed E-state index contributed by atoms with van der Waals surface area (Å²) in [6, 6.07) is 11.6. The van der Waals surface area contributed by atoms with Gasteiger partial charge in [0.25, 0.3) is 0 Å². The molecule has 0 bridgehead atoms. The summed E-state index contributed by atoms with van der Waals surface area (Å²) in [5, 5.41) is 10.4. The van der Waals surface area contributed by atoms with Gasteiger partial charge in [0.1, 0.15) is 11.5 Å². The van der Waals surface area contributed by atoms with Gasteiger partial charge in [0.15, 0.2) is 5.78 Å². The zero-order valence-corrected chi connectivity index (χ0v) is 13.6. The van der Waals surface area contributed by atoms with Crippen molar-refractivity contribution in [2.75, 3.05) is 7.11 Å². The minimum absolute atomic E-state index is 0.0824. The first kappa shape index (κ1) is 14.3. The van der Waals surface area contributed by atoms with Crippen LogP contribution in [0.1, 0.15) is 46.8 Å². The van der Waals surface area contributed by atoms with Crippen molar-refractivity contribution in [3.63, 3.8) is 0 Å². The van der Waals surface area contributed by atoms with E-state index in [4.69, 9.17) is 4.74 Å². The Bertz CT molecular complexity index is 820. The third kappa shape index (κ3) is 1.79. The normalized spacial score (nSPS) is 23.9. The average Bonchev–Trinajstić information content (AvgIpc) is 2.77. The van der Waals surface area contributed by atoms with Gasteiger partial charge < -0.3 is 9.84 Å². The third-order valence-electron chi connectivity index (χ3n) is 5.73. The summed E-state index contributed by atoms with van der Waals surface area (Å²) >= 11 is 0. The fourth-order valence-corrected chi connectivity index (χ4v) is 4.46. The maximum Gasteiger partial charge on any atom is 0.171 e. The Balaban J connectivity index is 1.93. The number of aromatic hydroxyl groups is 1. The summed E-state index contributed by atoms with van der Waals surface area (Å²) < 4.78 is 5.22. The van der Waals surface area contributed by atoms with Gasteiger partial charge in [0.05, 0.1) is 13.0 Å². The lowest BCUT2D eigenvalue weighted by molar-refractivity contribution is 0.0896. The van der Waals surface area contributed by atoms with E-state index in [2.05, 4.69) is 26.0 Å². The van der Waals surface area contributed by atoms with Gasteiger partial charge in [-0.05, 0) is 34.9 Å². The highest BCUT2D eigenvalue weighted by Gasteiger charge is 2.52. The molecule has 1 N–H and O–H groups in total. The van der Waals surface area contributed by atoms with E-state index < -0.39 is 0 Å². The molecule has 0 radical (unpaired) electrons. The highest BCUT2D eigenvalue weighted by molar-refractivity contribution is 6.05. The lowest BCUT2D eigenvalue weighted by atomic mass is 9.67. The van der Waals surface area contributed by atoms with Gasteiger partial charge in [-0.2, -0.15) is 0 Å². The maximum absolute atomic E-state index is 13.2. The molecule has 0 saturated carbocycles. The van der Waals surface area contributed by atoms with Crippen molar-refractivity contribution in [1.29, 1.82) is 0 Å². The van der Waals surface area contributed by atoms with E-state index in [9.17, 15) is 9.90 Å². The highest BCUT2D eigenvalue weighted by Crippen LogP contribution is 2.56. The molecule has 0 amide bonds. The quantitative estimate of drug-likeness (QED) is 0.871. The van der Waals surface area contributed by atoms with Crippen LogP contribution in [0.5, 0.6) is 11.5 Å². The fourth-order valence-electron chi connectivity index (χ4n) is 4.46. The molecule has 2 aromatic carbocycles. The van der Waals surface area contributed by atoms with Crippen molar-refractivity contribution < 1.29 is 14.6 Å². The molecule has 2 atom stereocenters. The Kier molecular flexibility index (Phi) is 2.87. The van der Waals surface area contributed by atoms with Gasteiger partial charge in [-0.25, -0.2) is 0 Å². The molecule has 23 heavy (non-hydrogen) atoms. The van der Waals surface area contributed by atoms with Gasteiger partial charge in [-0.3, -0.25) is 4.79 Å². The van der Waals surface area contributed by atoms with E-state index in [1.807, 2.05) is 12.1 Å². The summed E-state index contributed by atoms with van der Waals surface area (Å²) in [6.07, 6.45) is 0.712. The number of hydrogen-bond acceptors (Lipinski definition) is 3. The second-order valence-electron chi connectivity index (χ2n) is 7.13. The van der Waals surface area contributed by atoms with E-state index in [0.29, 0.717) is 17.7 Å². The van der Waals surface area contributed by atoms with Gasteiger partial charge in [0.2, 0.25) is 0 Å². The average molecular weight is 308 g/mol. The van der Waals surface area contributed by atoms with Crippen LogP contribution in [0.15, 0.2) is 36.4 Å². The SMILES string of the molecule is COc1cc(O)c2c(c1)C(=O)C1c3ccccc3C(C)(C)C1C2. The number of rotatable bonds is 1. The molecular weight excluding hydrogens is 288 g/mol. The summed E-state index contributed by atoms with van der Waals surface area (Å²) in [6.45, 7) is 4.41. The van der Waals surface area contributed by atoms with E-state index in [-0.39, 0.29) is 28.8 Å². The zero-order chi connectivity index (χ0) is 16.4. The number of hydrogen-bond donors (Lipinski definition) is 1. The first-order chi connectivity index (χ1) is 10.9. The standard InChI is InChI=1S/C20H20O3/c1-20(2)15-7-5-4-6-12(15)18-16(20)10-13-14(19(18)22)8-11(23-3)9-17(13)21/h4-9,16,18,21H,10H2,1-3H3. The van der Waals surface area contributed by atoms with Crippen LogP contribution in [0, 0.1) is 5.92 Å². The van der Waals surface area contributed by atoms with E-state index >= 15 is 0 Å². The van der Waals surface area contributed by atoms with Gasteiger partial charge >= 0.3 is 0 Å².